The molecule has 1 fully saturated rings. The van der Waals surface area contributed by atoms with Gasteiger partial charge >= 0.3 is 0 Å². The Labute approximate surface area is 159 Å². The number of ether oxygens (including phenoxy) is 1. The molecule has 3 N–H and O–H groups in total. The van der Waals surface area contributed by atoms with E-state index < -0.39 is 11.5 Å². The zero-order valence-corrected chi connectivity index (χ0v) is 16.4. The summed E-state index contributed by atoms with van der Waals surface area (Å²) in [4.78, 5) is 26.7. The minimum Gasteiger partial charge on any atom is -0.492 e. The van der Waals surface area contributed by atoms with E-state index in [1.807, 2.05) is 20.8 Å². The number of carbonyl (C=O) groups excluding carboxylic acids is 2. The molecule has 0 aromatic heterocycles. The van der Waals surface area contributed by atoms with Crippen LogP contribution in [-0.2, 0) is 9.59 Å². The number of nitrogens with one attached hydrogen (secondary N) is 1. The van der Waals surface area contributed by atoms with Gasteiger partial charge in [0.05, 0.1) is 5.88 Å². The average Bonchev–Trinajstić information content (AvgIpc) is 3.02. The van der Waals surface area contributed by atoms with Crippen molar-refractivity contribution in [3.8, 4) is 5.75 Å². The van der Waals surface area contributed by atoms with E-state index in [1.54, 1.807) is 40.9 Å². The Balaban J connectivity index is 0.00000312. The number of halogens is 1. The monoisotopic (exact) mass is 387 g/mol. The van der Waals surface area contributed by atoms with Crippen LogP contribution in [0.15, 0.2) is 24.3 Å². The molecule has 8 heteroatoms. The first-order chi connectivity index (χ1) is 11.3. The van der Waals surface area contributed by atoms with Gasteiger partial charge in [0.25, 0.3) is 0 Å². The number of hydrogen-bond acceptors (Lipinski definition) is 5. The van der Waals surface area contributed by atoms with Crippen molar-refractivity contribution in [1.82, 2.24) is 4.90 Å². The Morgan fingerprint density at radius 3 is 2.52 bits per heavy atom. The molecule has 25 heavy (non-hydrogen) atoms. The number of thioether (sulfide) groups is 1. The molecule has 2 amide bonds. The van der Waals surface area contributed by atoms with Gasteiger partial charge in [-0.2, -0.15) is 0 Å². The first-order valence-corrected chi connectivity index (χ1v) is 9.11. The van der Waals surface area contributed by atoms with Crippen LogP contribution in [0.25, 0.3) is 0 Å². The SMILES string of the molecule is CC(C)(C)C(=O)N1CSCC1C(=O)Nc1ccc(OCCN)cc1.Cl. The maximum absolute atomic E-state index is 12.5. The number of anilines is 1. The summed E-state index contributed by atoms with van der Waals surface area (Å²) in [5, 5.41) is 2.88. The van der Waals surface area contributed by atoms with E-state index in [4.69, 9.17) is 10.5 Å². The molecule has 1 aliphatic heterocycles. The van der Waals surface area contributed by atoms with Gasteiger partial charge in [-0.25, -0.2) is 0 Å². The molecule has 140 valence electrons. The summed E-state index contributed by atoms with van der Waals surface area (Å²) in [6, 6.07) is 6.69. The predicted molar refractivity (Wildman–Crippen MR) is 104 cm³/mol. The fourth-order valence-electron chi connectivity index (χ4n) is 2.33. The Kier molecular flexibility index (Phi) is 8.05. The standard InChI is InChI=1S/C17H25N3O3S.ClH/c1-17(2,3)16(22)20-11-24-10-14(20)15(21)19-12-4-6-13(7-5-12)23-9-8-18;/h4-7,14H,8-11,18H2,1-3H3,(H,19,21);1H. The quantitative estimate of drug-likeness (QED) is 0.809. The van der Waals surface area contributed by atoms with Crippen LogP contribution < -0.4 is 15.8 Å². The molecule has 1 aromatic rings. The van der Waals surface area contributed by atoms with Crippen molar-refractivity contribution in [2.24, 2.45) is 11.1 Å². The van der Waals surface area contributed by atoms with Gasteiger partial charge in [0.2, 0.25) is 11.8 Å². The summed E-state index contributed by atoms with van der Waals surface area (Å²) in [7, 11) is 0. The van der Waals surface area contributed by atoms with Crippen molar-refractivity contribution in [3.05, 3.63) is 24.3 Å². The lowest BCUT2D eigenvalue weighted by Gasteiger charge is -2.29. The molecular weight excluding hydrogens is 362 g/mol. The molecule has 1 atom stereocenters. The van der Waals surface area contributed by atoms with Crippen molar-refractivity contribution in [2.75, 3.05) is 30.1 Å². The Bertz CT molecular complexity index is 590. The molecule has 2 rings (SSSR count). The van der Waals surface area contributed by atoms with Crippen molar-refractivity contribution in [2.45, 2.75) is 26.8 Å². The van der Waals surface area contributed by atoms with Crippen LogP contribution in [0.3, 0.4) is 0 Å². The van der Waals surface area contributed by atoms with E-state index in [0.29, 0.717) is 36.2 Å². The minimum absolute atomic E-state index is 0. The third kappa shape index (κ3) is 5.80. The van der Waals surface area contributed by atoms with E-state index in [2.05, 4.69) is 5.32 Å². The molecule has 0 bridgehead atoms. The van der Waals surface area contributed by atoms with Crippen molar-refractivity contribution in [1.29, 1.82) is 0 Å². The molecular formula is C17H26ClN3O3S. The van der Waals surface area contributed by atoms with E-state index >= 15 is 0 Å². The number of carbonyl (C=O) groups is 2. The van der Waals surface area contributed by atoms with E-state index in [-0.39, 0.29) is 24.2 Å². The summed E-state index contributed by atoms with van der Waals surface area (Å²) in [5.41, 5.74) is 5.58. The Morgan fingerprint density at radius 2 is 1.96 bits per heavy atom. The van der Waals surface area contributed by atoms with Gasteiger partial charge in [0, 0.05) is 23.4 Å². The van der Waals surface area contributed by atoms with Gasteiger partial charge in [0.15, 0.2) is 0 Å². The third-order valence-electron chi connectivity index (χ3n) is 3.60. The fraction of sp³-hybridized carbons (Fsp3) is 0.529. The number of rotatable bonds is 5. The second-order valence-corrected chi connectivity index (χ2v) is 7.69. The number of nitrogens with two attached hydrogens (primary N) is 1. The zero-order chi connectivity index (χ0) is 17.7. The van der Waals surface area contributed by atoms with Crippen molar-refractivity contribution >= 4 is 41.7 Å². The molecule has 6 nitrogen and oxygen atoms in total. The van der Waals surface area contributed by atoms with Crippen LogP contribution in [-0.4, -0.2) is 47.5 Å². The van der Waals surface area contributed by atoms with Crippen LogP contribution in [0, 0.1) is 5.41 Å². The lowest BCUT2D eigenvalue weighted by molar-refractivity contribution is -0.143. The molecule has 0 spiro atoms. The lowest BCUT2D eigenvalue weighted by Crippen LogP contribution is -2.48. The van der Waals surface area contributed by atoms with Gasteiger partial charge in [-0.05, 0) is 24.3 Å². The second kappa shape index (κ2) is 9.31. The summed E-state index contributed by atoms with van der Waals surface area (Å²) in [5.74, 6) is 1.72. The smallest absolute Gasteiger partial charge is 0.248 e. The second-order valence-electron chi connectivity index (χ2n) is 6.69. The van der Waals surface area contributed by atoms with Gasteiger partial charge in [0.1, 0.15) is 18.4 Å². The third-order valence-corrected chi connectivity index (χ3v) is 4.61. The van der Waals surface area contributed by atoms with Gasteiger partial charge in [-0.15, -0.1) is 24.2 Å². The van der Waals surface area contributed by atoms with E-state index in [9.17, 15) is 9.59 Å². The summed E-state index contributed by atoms with van der Waals surface area (Å²) in [6.45, 7) is 6.51. The number of hydrogen-bond donors (Lipinski definition) is 2. The number of amides is 2. The normalized spacial score (nSPS) is 17.0. The van der Waals surface area contributed by atoms with Crippen LogP contribution >= 0.6 is 24.2 Å². The molecule has 1 heterocycles. The highest BCUT2D eigenvalue weighted by Crippen LogP contribution is 2.28. The highest BCUT2D eigenvalue weighted by atomic mass is 35.5. The minimum atomic E-state index is -0.495. The van der Waals surface area contributed by atoms with Gasteiger partial charge < -0.3 is 20.7 Å². The van der Waals surface area contributed by atoms with E-state index in [1.165, 1.54) is 0 Å². The van der Waals surface area contributed by atoms with Crippen LogP contribution in [0.2, 0.25) is 0 Å². The molecule has 0 radical (unpaired) electrons. The van der Waals surface area contributed by atoms with Gasteiger partial charge in [-0.3, -0.25) is 9.59 Å². The number of benzene rings is 1. The topological polar surface area (TPSA) is 84.7 Å². The number of nitrogens with zero attached hydrogens (tertiary/aromatic N) is 1. The summed E-state index contributed by atoms with van der Waals surface area (Å²) < 4.78 is 5.41. The van der Waals surface area contributed by atoms with Crippen LogP contribution in [0.4, 0.5) is 5.69 Å². The van der Waals surface area contributed by atoms with E-state index in [0.717, 1.165) is 0 Å². The predicted octanol–water partition coefficient (Wildman–Crippen LogP) is 2.33. The molecule has 0 saturated carbocycles. The molecule has 1 aliphatic rings. The van der Waals surface area contributed by atoms with Gasteiger partial charge in [-0.1, -0.05) is 20.8 Å². The maximum Gasteiger partial charge on any atom is 0.248 e. The summed E-state index contributed by atoms with van der Waals surface area (Å²) in [6.07, 6.45) is 0. The lowest BCUT2D eigenvalue weighted by atomic mass is 9.94. The largest absolute Gasteiger partial charge is 0.492 e. The highest BCUT2D eigenvalue weighted by Gasteiger charge is 2.38. The van der Waals surface area contributed by atoms with Crippen LogP contribution in [0.5, 0.6) is 5.75 Å². The van der Waals surface area contributed by atoms with Crippen molar-refractivity contribution < 1.29 is 14.3 Å². The maximum atomic E-state index is 12.5. The molecule has 1 saturated heterocycles. The zero-order valence-electron chi connectivity index (χ0n) is 14.8. The van der Waals surface area contributed by atoms with Crippen LogP contribution in [0.1, 0.15) is 20.8 Å². The Hall–Kier alpha value is -1.44. The highest BCUT2D eigenvalue weighted by molar-refractivity contribution is 7.99. The first kappa shape index (κ1) is 21.6. The fourth-order valence-corrected chi connectivity index (χ4v) is 3.48. The molecule has 1 unspecified atom stereocenters. The molecule has 0 aliphatic carbocycles. The summed E-state index contributed by atoms with van der Waals surface area (Å²) >= 11 is 1.60. The first-order valence-electron chi connectivity index (χ1n) is 7.95. The Morgan fingerprint density at radius 1 is 1.32 bits per heavy atom. The van der Waals surface area contributed by atoms with Crippen molar-refractivity contribution in [3.63, 3.8) is 0 Å². The average molecular weight is 388 g/mol. The molecule has 1 aromatic carbocycles.